The van der Waals surface area contributed by atoms with E-state index in [-0.39, 0.29) is 12.1 Å². The van der Waals surface area contributed by atoms with Gasteiger partial charge in [0.1, 0.15) is 5.60 Å². The lowest BCUT2D eigenvalue weighted by atomic mass is 10.1. The Labute approximate surface area is 134 Å². The van der Waals surface area contributed by atoms with E-state index in [9.17, 15) is 4.79 Å². The molecule has 1 N–H and O–H groups in total. The zero-order valence-corrected chi connectivity index (χ0v) is 14.6. The first-order chi connectivity index (χ1) is 10.3. The van der Waals surface area contributed by atoms with Crippen molar-refractivity contribution >= 4 is 6.09 Å². The summed E-state index contributed by atoms with van der Waals surface area (Å²) in [6, 6.07) is 10.3. The second kappa shape index (κ2) is 8.79. The van der Waals surface area contributed by atoms with Crippen molar-refractivity contribution in [3.8, 4) is 0 Å². The highest BCUT2D eigenvalue weighted by atomic mass is 16.6. The number of rotatable bonds is 7. The molecular weight excluding hydrogens is 276 g/mol. The highest BCUT2D eigenvalue weighted by Crippen LogP contribution is 2.09. The first kappa shape index (κ1) is 18.5. The number of hydrogen-bond donors (Lipinski definition) is 1. The van der Waals surface area contributed by atoms with Crippen LogP contribution in [0, 0.1) is 0 Å². The Bertz CT molecular complexity index is 436. The molecule has 0 unspecified atom stereocenters. The summed E-state index contributed by atoms with van der Waals surface area (Å²) in [6.07, 6.45) is 0.455. The van der Waals surface area contributed by atoms with Gasteiger partial charge < -0.3 is 15.0 Å². The van der Waals surface area contributed by atoms with E-state index in [4.69, 9.17) is 4.74 Å². The number of benzene rings is 1. The van der Waals surface area contributed by atoms with Gasteiger partial charge in [-0.25, -0.2) is 4.79 Å². The molecule has 0 radical (unpaired) electrons. The van der Waals surface area contributed by atoms with Crippen molar-refractivity contribution < 1.29 is 9.53 Å². The van der Waals surface area contributed by atoms with Crippen LogP contribution in [0.5, 0.6) is 0 Å². The average molecular weight is 306 g/mol. The predicted molar refractivity (Wildman–Crippen MR) is 91.1 cm³/mol. The quantitative estimate of drug-likeness (QED) is 0.838. The normalized spacial score (nSPS) is 13.0. The summed E-state index contributed by atoms with van der Waals surface area (Å²) in [5.41, 5.74) is 0.743. The van der Waals surface area contributed by atoms with Crippen LogP contribution in [0.4, 0.5) is 4.79 Å². The molecule has 0 aliphatic carbocycles. The Balaban J connectivity index is 2.71. The third-order valence-electron chi connectivity index (χ3n) is 3.42. The van der Waals surface area contributed by atoms with Crippen LogP contribution in [-0.2, 0) is 11.2 Å². The summed E-state index contributed by atoms with van der Waals surface area (Å²) in [4.78, 5) is 14.4. The molecule has 0 saturated heterocycles. The van der Waals surface area contributed by atoms with Crippen molar-refractivity contribution in [3.63, 3.8) is 0 Å². The lowest BCUT2D eigenvalue weighted by Crippen LogP contribution is -2.46. The summed E-state index contributed by atoms with van der Waals surface area (Å²) in [7, 11) is 0. The Hall–Kier alpha value is -1.55. The largest absolute Gasteiger partial charge is 0.444 e. The third kappa shape index (κ3) is 7.46. The fraction of sp³-hybridized carbons (Fsp3) is 0.611. The van der Waals surface area contributed by atoms with E-state index in [1.807, 2.05) is 39.0 Å². The molecule has 0 aromatic heterocycles. The fourth-order valence-electron chi connectivity index (χ4n) is 2.33. The highest BCUT2D eigenvalue weighted by molar-refractivity contribution is 5.68. The first-order valence-corrected chi connectivity index (χ1v) is 8.09. The van der Waals surface area contributed by atoms with Crippen LogP contribution in [0.1, 0.15) is 40.2 Å². The summed E-state index contributed by atoms with van der Waals surface area (Å²) in [5, 5.41) is 3.02. The van der Waals surface area contributed by atoms with Gasteiger partial charge in [0.2, 0.25) is 0 Å². The fourth-order valence-corrected chi connectivity index (χ4v) is 2.33. The van der Waals surface area contributed by atoms with E-state index in [2.05, 4.69) is 36.2 Å². The molecule has 0 spiro atoms. The second-order valence-corrected chi connectivity index (χ2v) is 6.52. The number of nitrogens with zero attached hydrogens (tertiary/aromatic N) is 1. The van der Waals surface area contributed by atoms with Crippen LogP contribution in [0.25, 0.3) is 0 Å². The van der Waals surface area contributed by atoms with Crippen LogP contribution in [0.3, 0.4) is 0 Å². The molecule has 0 heterocycles. The second-order valence-electron chi connectivity index (χ2n) is 6.52. The van der Waals surface area contributed by atoms with Gasteiger partial charge in [-0.05, 0) is 45.8 Å². The molecule has 0 aliphatic rings. The van der Waals surface area contributed by atoms with Crippen LogP contribution in [0.2, 0.25) is 0 Å². The molecule has 4 heteroatoms. The molecular formula is C18H30N2O2. The van der Waals surface area contributed by atoms with E-state index >= 15 is 0 Å². The molecule has 1 aromatic rings. The zero-order valence-electron chi connectivity index (χ0n) is 14.6. The molecule has 1 aromatic carbocycles. The molecule has 4 nitrogen and oxygen atoms in total. The van der Waals surface area contributed by atoms with Crippen molar-refractivity contribution in [1.29, 1.82) is 0 Å². The summed E-state index contributed by atoms with van der Waals surface area (Å²) in [6.45, 7) is 12.7. The van der Waals surface area contributed by atoms with Crippen molar-refractivity contribution in [2.45, 2.75) is 52.7 Å². The molecule has 0 saturated carbocycles. The highest BCUT2D eigenvalue weighted by Gasteiger charge is 2.21. The van der Waals surface area contributed by atoms with Gasteiger partial charge in [0.25, 0.3) is 0 Å². The minimum absolute atomic E-state index is 0.0390. The Morgan fingerprint density at radius 1 is 1.18 bits per heavy atom. The maximum Gasteiger partial charge on any atom is 0.407 e. The van der Waals surface area contributed by atoms with Crippen LogP contribution in [0.15, 0.2) is 30.3 Å². The van der Waals surface area contributed by atoms with E-state index < -0.39 is 5.60 Å². The summed E-state index contributed by atoms with van der Waals surface area (Å²) in [5.74, 6) is 0. The molecule has 22 heavy (non-hydrogen) atoms. The average Bonchev–Trinajstić information content (AvgIpc) is 2.43. The van der Waals surface area contributed by atoms with Gasteiger partial charge >= 0.3 is 6.09 Å². The van der Waals surface area contributed by atoms with Gasteiger partial charge in [0.05, 0.1) is 0 Å². The first-order valence-electron chi connectivity index (χ1n) is 8.09. The summed E-state index contributed by atoms with van der Waals surface area (Å²) >= 11 is 0. The van der Waals surface area contributed by atoms with Crippen LogP contribution >= 0.6 is 0 Å². The topological polar surface area (TPSA) is 41.6 Å². The summed E-state index contributed by atoms with van der Waals surface area (Å²) < 4.78 is 5.39. The van der Waals surface area contributed by atoms with Gasteiger partial charge in [-0.1, -0.05) is 44.2 Å². The number of hydrogen-bond acceptors (Lipinski definition) is 3. The zero-order chi connectivity index (χ0) is 16.6. The van der Waals surface area contributed by atoms with Crippen molar-refractivity contribution in [1.82, 2.24) is 10.2 Å². The minimum atomic E-state index is -0.476. The van der Waals surface area contributed by atoms with Gasteiger partial charge in [-0.2, -0.15) is 0 Å². The standard InChI is InChI=1S/C18H30N2O2/c1-6-20(7-2)14-16(13-15-11-9-8-10-12-15)19-17(21)22-18(3,4)5/h8-12,16H,6-7,13-14H2,1-5H3,(H,19,21)/t16-/m0/s1. The number of nitrogens with one attached hydrogen (secondary N) is 1. The van der Waals surface area contributed by atoms with Gasteiger partial charge in [0, 0.05) is 12.6 Å². The lowest BCUT2D eigenvalue weighted by Gasteiger charge is -2.28. The molecule has 1 amide bonds. The molecule has 0 fully saturated rings. The SMILES string of the molecule is CCN(CC)C[C@H](Cc1ccccc1)NC(=O)OC(C)(C)C. The van der Waals surface area contributed by atoms with E-state index in [0.29, 0.717) is 0 Å². The molecule has 0 bridgehead atoms. The number of likely N-dealkylation sites (N-methyl/N-ethyl adjacent to an activating group) is 1. The Morgan fingerprint density at radius 2 is 1.77 bits per heavy atom. The van der Waals surface area contributed by atoms with Crippen LogP contribution in [-0.4, -0.2) is 42.3 Å². The Morgan fingerprint density at radius 3 is 2.27 bits per heavy atom. The molecule has 1 atom stereocenters. The number of alkyl carbamates (subject to hydrolysis) is 1. The van der Waals surface area contributed by atoms with Gasteiger partial charge in [-0.15, -0.1) is 0 Å². The maximum atomic E-state index is 12.1. The lowest BCUT2D eigenvalue weighted by molar-refractivity contribution is 0.0492. The maximum absolute atomic E-state index is 12.1. The number of amides is 1. The van der Waals surface area contributed by atoms with E-state index in [0.717, 1.165) is 26.1 Å². The van der Waals surface area contributed by atoms with Crippen molar-refractivity contribution in [3.05, 3.63) is 35.9 Å². The molecule has 124 valence electrons. The van der Waals surface area contributed by atoms with Crippen LogP contribution < -0.4 is 5.32 Å². The van der Waals surface area contributed by atoms with Gasteiger partial charge in [0.15, 0.2) is 0 Å². The smallest absolute Gasteiger partial charge is 0.407 e. The van der Waals surface area contributed by atoms with Crippen molar-refractivity contribution in [2.75, 3.05) is 19.6 Å². The minimum Gasteiger partial charge on any atom is -0.444 e. The third-order valence-corrected chi connectivity index (χ3v) is 3.42. The number of carbonyl (C=O) groups is 1. The number of carbonyl (C=O) groups excluding carboxylic acids is 1. The molecule has 1 rings (SSSR count). The van der Waals surface area contributed by atoms with Gasteiger partial charge in [-0.3, -0.25) is 0 Å². The number of ether oxygens (including phenoxy) is 1. The monoisotopic (exact) mass is 306 g/mol. The van der Waals surface area contributed by atoms with E-state index in [1.54, 1.807) is 0 Å². The molecule has 0 aliphatic heterocycles. The van der Waals surface area contributed by atoms with E-state index in [1.165, 1.54) is 5.56 Å². The Kier molecular flexibility index (Phi) is 7.39. The van der Waals surface area contributed by atoms with Crippen molar-refractivity contribution in [2.24, 2.45) is 0 Å². The predicted octanol–water partition coefficient (Wildman–Crippen LogP) is 3.46.